The first kappa shape index (κ1) is 19.5. The SMILES string of the molecule is O=C(Cn1cnc2cc(-c3ccccc3)sc2c1=O)NC(=O)NCc1ccccc1. The van der Waals surface area contributed by atoms with Gasteiger partial charge in [0.1, 0.15) is 11.2 Å². The summed E-state index contributed by atoms with van der Waals surface area (Å²) in [7, 11) is 0. The predicted molar refractivity (Wildman–Crippen MR) is 116 cm³/mol. The predicted octanol–water partition coefficient (Wildman–Crippen LogP) is 3.15. The van der Waals surface area contributed by atoms with Crippen LogP contribution in [0.15, 0.2) is 77.9 Å². The first-order valence-corrected chi connectivity index (χ1v) is 10.1. The molecule has 4 aromatic rings. The van der Waals surface area contributed by atoms with Crippen LogP contribution in [0.5, 0.6) is 0 Å². The zero-order valence-corrected chi connectivity index (χ0v) is 16.7. The molecular weight excluding hydrogens is 400 g/mol. The number of imide groups is 1. The summed E-state index contributed by atoms with van der Waals surface area (Å²) in [6, 6.07) is 20.3. The Labute approximate surface area is 176 Å². The number of nitrogens with one attached hydrogen (secondary N) is 2. The third kappa shape index (κ3) is 4.44. The Balaban J connectivity index is 1.43. The number of rotatable bonds is 5. The summed E-state index contributed by atoms with van der Waals surface area (Å²) >= 11 is 1.33. The number of aromatic nitrogens is 2. The van der Waals surface area contributed by atoms with Crippen molar-refractivity contribution in [2.24, 2.45) is 0 Å². The third-order valence-corrected chi connectivity index (χ3v) is 5.59. The molecule has 3 amide bonds. The van der Waals surface area contributed by atoms with E-state index >= 15 is 0 Å². The van der Waals surface area contributed by atoms with Gasteiger partial charge in [-0.1, -0.05) is 60.7 Å². The van der Waals surface area contributed by atoms with Gasteiger partial charge in [0.05, 0.1) is 11.8 Å². The van der Waals surface area contributed by atoms with Crippen molar-refractivity contribution in [1.29, 1.82) is 0 Å². The maximum atomic E-state index is 12.8. The van der Waals surface area contributed by atoms with E-state index in [-0.39, 0.29) is 12.1 Å². The Bertz CT molecular complexity index is 1250. The second kappa shape index (κ2) is 8.71. The van der Waals surface area contributed by atoms with Crippen LogP contribution in [0, 0.1) is 0 Å². The lowest BCUT2D eigenvalue weighted by atomic mass is 10.2. The molecule has 0 bridgehead atoms. The molecule has 8 heteroatoms. The monoisotopic (exact) mass is 418 g/mol. The number of hydrogen-bond donors (Lipinski definition) is 2. The lowest BCUT2D eigenvalue weighted by Crippen LogP contribution is -2.41. The fraction of sp³-hybridized carbons (Fsp3) is 0.0909. The summed E-state index contributed by atoms with van der Waals surface area (Å²) in [6.07, 6.45) is 1.33. The van der Waals surface area contributed by atoms with Crippen molar-refractivity contribution in [2.45, 2.75) is 13.1 Å². The van der Waals surface area contributed by atoms with Gasteiger partial charge in [0.15, 0.2) is 0 Å². The number of hydrogen-bond acceptors (Lipinski definition) is 5. The van der Waals surface area contributed by atoms with Crippen LogP contribution in [0.1, 0.15) is 5.56 Å². The number of nitrogens with zero attached hydrogens (tertiary/aromatic N) is 2. The van der Waals surface area contributed by atoms with E-state index in [1.165, 1.54) is 22.2 Å². The van der Waals surface area contributed by atoms with E-state index in [9.17, 15) is 14.4 Å². The summed E-state index contributed by atoms with van der Waals surface area (Å²) in [5.74, 6) is -0.594. The normalized spacial score (nSPS) is 10.7. The number of benzene rings is 2. The zero-order valence-electron chi connectivity index (χ0n) is 15.9. The van der Waals surface area contributed by atoms with Gasteiger partial charge in [0, 0.05) is 11.4 Å². The Morgan fingerprint density at radius 2 is 1.70 bits per heavy atom. The lowest BCUT2D eigenvalue weighted by Gasteiger charge is -2.08. The highest BCUT2D eigenvalue weighted by Crippen LogP contribution is 2.30. The number of thiophene rings is 1. The van der Waals surface area contributed by atoms with E-state index in [1.54, 1.807) is 0 Å². The maximum absolute atomic E-state index is 12.8. The Hall–Kier alpha value is -3.78. The highest BCUT2D eigenvalue weighted by Gasteiger charge is 2.13. The molecule has 150 valence electrons. The molecule has 0 fully saturated rings. The van der Waals surface area contributed by atoms with Gasteiger partial charge >= 0.3 is 6.03 Å². The molecule has 0 radical (unpaired) electrons. The average molecular weight is 418 g/mol. The number of amides is 3. The Morgan fingerprint density at radius 1 is 1.00 bits per heavy atom. The topological polar surface area (TPSA) is 93.1 Å². The minimum absolute atomic E-state index is 0.293. The van der Waals surface area contributed by atoms with Gasteiger partial charge in [0.25, 0.3) is 5.56 Å². The minimum Gasteiger partial charge on any atom is -0.334 e. The van der Waals surface area contributed by atoms with Crippen LogP contribution in [0.25, 0.3) is 20.7 Å². The second-order valence-electron chi connectivity index (χ2n) is 6.59. The van der Waals surface area contributed by atoms with E-state index < -0.39 is 11.9 Å². The summed E-state index contributed by atoms with van der Waals surface area (Å²) in [5.41, 5.74) is 2.19. The molecule has 7 nitrogen and oxygen atoms in total. The van der Waals surface area contributed by atoms with Gasteiger partial charge in [-0.15, -0.1) is 11.3 Å². The summed E-state index contributed by atoms with van der Waals surface area (Å²) in [5, 5.41) is 4.84. The van der Waals surface area contributed by atoms with E-state index in [4.69, 9.17) is 0 Å². The van der Waals surface area contributed by atoms with E-state index in [0.717, 1.165) is 16.0 Å². The van der Waals surface area contributed by atoms with Gasteiger partial charge < -0.3 is 5.32 Å². The molecule has 2 aromatic heterocycles. The third-order valence-electron chi connectivity index (χ3n) is 4.42. The largest absolute Gasteiger partial charge is 0.334 e. The van der Waals surface area contributed by atoms with Crippen LogP contribution < -0.4 is 16.2 Å². The van der Waals surface area contributed by atoms with Crippen molar-refractivity contribution in [3.05, 3.63) is 89.0 Å². The molecule has 0 saturated heterocycles. The maximum Gasteiger partial charge on any atom is 0.321 e. The first-order valence-electron chi connectivity index (χ1n) is 9.26. The van der Waals surface area contributed by atoms with E-state index in [0.29, 0.717) is 16.8 Å². The number of urea groups is 1. The van der Waals surface area contributed by atoms with Crippen molar-refractivity contribution in [1.82, 2.24) is 20.2 Å². The van der Waals surface area contributed by atoms with E-state index in [1.807, 2.05) is 66.7 Å². The molecule has 30 heavy (non-hydrogen) atoms. The molecule has 0 saturated carbocycles. The number of carbonyl (C=O) groups excluding carboxylic acids is 2. The van der Waals surface area contributed by atoms with Crippen LogP contribution in [-0.4, -0.2) is 21.5 Å². The van der Waals surface area contributed by atoms with Crippen LogP contribution in [0.4, 0.5) is 4.79 Å². The smallest absolute Gasteiger partial charge is 0.321 e. The summed E-state index contributed by atoms with van der Waals surface area (Å²) < 4.78 is 1.67. The van der Waals surface area contributed by atoms with Crippen molar-refractivity contribution in [3.63, 3.8) is 0 Å². The van der Waals surface area contributed by atoms with Gasteiger partial charge in [-0.25, -0.2) is 9.78 Å². The van der Waals surface area contributed by atoms with Gasteiger partial charge in [-0.2, -0.15) is 0 Å². The highest BCUT2D eigenvalue weighted by atomic mass is 32.1. The molecule has 0 unspecified atom stereocenters. The fourth-order valence-corrected chi connectivity index (χ4v) is 4.01. The first-order chi connectivity index (χ1) is 14.6. The average Bonchev–Trinajstić information content (AvgIpc) is 3.21. The zero-order chi connectivity index (χ0) is 20.9. The van der Waals surface area contributed by atoms with Gasteiger partial charge in [0.2, 0.25) is 5.91 Å². The van der Waals surface area contributed by atoms with Crippen molar-refractivity contribution in [2.75, 3.05) is 0 Å². The molecule has 0 aliphatic heterocycles. The van der Waals surface area contributed by atoms with Crippen LogP contribution in [0.3, 0.4) is 0 Å². The number of fused-ring (bicyclic) bond motifs is 1. The second-order valence-corrected chi connectivity index (χ2v) is 7.64. The number of carbonyl (C=O) groups is 2. The molecule has 0 spiro atoms. The Kier molecular flexibility index (Phi) is 5.67. The van der Waals surface area contributed by atoms with Gasteiger partial charge in [-0.3, -0.25) is 19.5 Å². The molecule has 0 aliphatic rings. The van der Waals surface area contributed by atoms with E-state index in [2.05, 4.69) is 15.6 Å². The minimum atomic E-state index is -0.617. The fourth-order valence-electron chi connectivity index (χ4n) is 2.95. The molecule has 2 N–H and O–H groups in total. The molecular formula is C22H18N4O3S. The molecule has 4 rings (SSSR count). The standard InChI is InChI=1S/C22H18N4O3S/c27-19(25-22(29)23-12-15-7-3-1-4-8-15)13-26-14-24-17-11-18(30-20(17)21(26)28)16-9-5-2-6-10-16/h1-11,14H,12-13H2,(H2,23,25,27,29). The molecule has 0 aliphatic carbocycles. The van der Waals surface area contributed by atoms with Crippen molar-refractivity contribution >= 4 is 33.5 Å². The van der Waals surface area contributed by atoms with Crippen LogP contribution in [0.2, 0.25) is 0 Å². The molecule has 2 heterocycles. The highest BCUT2D eigenvalue weighted by molar-refractivity contribution is 7.22. The van der Waals surface area contributed by atoms with Gasteiger partial charge in [-0.05, 0) is 17.2 Å². The van der Waals surface area contributed by atoms with Crippen LogP contribution in [-0.2, 0) is 17.9 Å². The Morgan fingerprint density at radius 3 is 2.43 bits per heavy atom. The van der Waals surface area contributed by atoms with Crippen molar-refractivity contribution < 1.29 is 9.59 Å². The van der Waals surface area contributed by atoms with Crippen molar-refractivity contribution in [3.8, 4) is 10.4 Å². The summed E-state index contributed by atoms with van der Waals surface area (Å²) in [6.45, 7) is 0.00394. The summed E-state index contributed by atoms with van der Waals surface area (Å²) in [4.78, 5) is 42.1. The lowest BCUT2D eigenvalue weighted by molar-refractivity contribution is -0.120. The molecule has 0 atom stereocenters. The molecule has 2 aromatic carbocycles. The van der Waals surface area contributed by atoms with Crippen LogP contribution >= 0.6 is 11.3 Å². The quantitative estimate of drug-likeness (QED) is 0.521.